The molecule has 8 nitrogen and oxygen atoms in total. The van der Waals surface area contributed by atoms with Gasteiger partial charge in [0.2, 0.25) is 0 Å². The second-order valence-electron chi connectivity index (χ2n) is 7.89. The van der Waals surface area contributed by atoms with Gasteiger partial charge < -0.3 is 24.6 Å². The number of hydrogen-bond acceptors (Lipinski definition) is 7. The Hall–Kier alpha value is -2.97. The highest BCUT2D eigenvalue weighted by Gasteiger charge is 2.26. The van der Waals surface area contributed by atoms with Crippen molar-refractivity contribution in [2.45, 2.75) is 6.42 Å². The minimum absolute atomic E-state index is 0.145. The third kappa shape index (κ3) is 3.53. The van der Waals surface area contributed by atoms with Crippen LogP contribution in [-0.4, -0.2) is 66.1 Å². The van der Waals surface area contributed by atoms with E-state index < -0.39 is 0 Å². The zero-order valence-corrected chi connectivity index (χ0v) is 16.8. The lowest BCUT2D eigenvalue weighted by atomic mass is 10.1. The Kier molecular flexibility index (Phi) is 5.10. The van der Waals surface area contributed by atoms with Crippen molar-refractivity contribution in [3.05, 3.63) is 47.0 Å². The zero-order valence-electron chi connectivity index (χ0n) is 16.8. The molecule has 0 radical (unpaired) electrons. The van der Waals surface area contributed by atoms with Gasteiger partial charge in [0.25, 0.3) is 5.56 Å². The first-order valence-electron chi connectivity index (χ1n) is 10.4. The summed E-state index contributed by atoms with van der Waals surface area (Å²) < 4.78 is 5.44. The summed E-state index contributed by atoms with van der Waals surface area (Å²) in [5.41, 5.74) is 3.38. The highest BCUT2D eigenvalue weighted by molar-refractivity contribution is 5.91. The number of aliphatic hydroxyl groups is 1. The van der Waals surface area contributed by atoms with Crippen molar-refractivity contribution >= 4 is 22.4 Å². The molecule has 30 heavy (non-hydrogen) atoms. The number of H-pyrrole nitrogens is 1. The fourth-order valence-corrected chi connectivity index (χ4v) is 4.29. The van der Waals surface area contributed by atoms with Gasteiger partial charge in [-0.2, -0.15) is 0 Å². The number of pyridine rings is 1. The summed E-state index contributed by atoms with van der Waals surface area (Å²) in [6.07, 6.45) is 2.32. The molecule has 0 aliphatic carbocycles. The molecule has 0 unspecified atom stereocenters. The molecule has 0 spiro atoms. The Morgan fingerprint density at radius 2 is 1.93 bits per heavy atom. The van der Waals surface area contributed by atoms with Crippen LogP contribution in [0.3, 0.4) is 0 Å². The third-order valence-electron chi connectivity index (χ3n) is 5.99. The third-order valence-corrected chi connectivity index (χ3v) is 5.99. The van der Waals surface area contributed by atoms with Crippen molar-refractivity contribution < 1.29 is 9.84 Å². The molecule has 156 valence electrons. The SMILES string of the molecule is O=c1[nH]cnc2cc(-c3ccc(N4CCOCC4)cc3)nc(N3CC[C@H](CO)C3)c12. The first-order valence-corrected chi connectivity index (χ1v) is 10.4. The van der Waals surface area contributed by atoms with Gasteiger partial charge in [-0.15, -0.1) is 0 Å². The van der Waals surface area contributed by atoms with Gasteiger partial charge in [-0.3, -0.25) is 4.79 Å². The van der Waals surface area contributed by atoms with Gasteiger partial charge in [-0.1, -0.05) is 12.1 Å². The fourth-order valence-electron chi connectivity index (χ4n) is 4.29. The molecule has 2 saturated heterocycles. The van der Waals surface area contributed by atoms with E-state index in [2.05, 4.69) is 44.0 Å². The van der Waals surface area contributed by atoms with Crippen molar-refractivity contribution in [2.24, 2.45) is 5.92 Å². The number of aromatic nitrogens is 3. The molecule has 2 aliphatic heterocycles. The lowest BCUT2D eigenvalue weighted by Crippen LogP contribution is -2.36. The second-order valence-corrected chi connectivity index (χ2v) is 7.89. The number of anilines is 2. The van der Waals surface area contributed by atoms with Gasteiger partial charge in [-0.05, 0) is 24.6 Å². The van der Waals surface area contributed by atoms with Gasteiger partial charge in [0.1, 0.15) is 11.2 Å². The molecule has 2 aromatic heterocycles. The number of aromatic amines is 1. The number of fused-ring (bicyclic) bond motifs is 1. The van der Waals surface area contributed by atoms with Crippen LogP contribution in [0.2, 0.25) is 0 Å². The lowest BCUT2D eigenvalue weighted by molar-refractivity contribution is 0.122. The lowest BCUT2D eigenvalue weighted by Gasteiger charge is -2.29. The molecule has 0 amide bonds. The highest BCUT2D eigenvalue weighted by atomic mass is 16.5. The van der Waals surface area contributed by atoms with Crippen LogP contribution in [0.4, 0.5) is 11.5 Å². The molecule has 1 atom stereocenters. The molecule has 1 aromatic carbocycles. The number of ether oxygens (including phenoxy) is 1. The summed E-state index contributed by atoms with van der Waals surface area (Å²) in [7, 11) is 0. The second kappa shape index (κ2) is 8.04. The van der Waals surface area contributed by atoms with E-state index in [4.69, 9.17) is 9.72 Å². The Balaban J connectivity index is 1.54. The maximum absolute atomic E-state index is 12.5. The first-order chi connectivity index (χ1) is 14.7. The minimum atomic E-state index is -0.191. The normalized spacial score (nSPS) is 19.6. The topological polar surface area (TPSA) is 94.6 Å². The quantitative estimate of drug-likeness (QED) is 0.679. The largest absolute Gasteiger partial charge is 0.396 e. The van der Waals surface area contributed by atoms with Crippen LogP contribution in [-0.2, 0) is 4.74 Å². The monoisotopic (exact) mass is 407 g/mol. The summed E-state index contributed by atoms with van der Waals surface area (Å²) in [6.45, 7) is 4.89. The summed E-state index contributed by atoms with van der Waals surface area (Å²) in [5, 5.41) is 10.0. The Morgan fingerprint density at radius 1 is 1.13 bits per heavy atom. The van der Waals surface area contributed by atoms with E-state index in [0.717, 1.165) is 50.5 Å². The molecule has 2 aliphatic rings. The molecule has 8 heteroatoms. The van der Waals surface area contributed by atoms with Crippen molar-refractivity contribution in [3.8, 4) is 11.3 Å². The maximum atomic E-state index is 12.5. The average Bonchev–Trinajstić information content (AvgIpc) is 3.28. The van der Waals surface area contributed by atoms with Crippen molar-refractivity contribution in [3.63, 3.8) is 0 Å². The van der Waals surface area contributed by atoms with Gasteiger partial charge in [0.15, 0.2) is 0 Å². The maximum Gasteiger partial charge on any atom is 0.262 e. The summed E-state index contributed by atoms with van der Waals surface area (Å²) in [4.78, 5) is 28.9. The number of nitrogens with zero attached hydrogens (tertiary/aromatic N) is 4. The van der Waals surface area contributed by atoms with Crippen LogP contribution < -0.4 is 15.4 Å². The Labute approximate surface area is 174 Å². The fraction of sp³-hybridized carbons (Fsp3) is 0.409. The summed E-state index contributed by atoms with van der Waals surface area (Å²) in [6, 6.07) is 10.2. The molecule has 0 bridgehead atoms. The van der Waals surface area contributed by atoms with Crippen LogP contribution in [0.5, 0.6) is 0 Å². The zero-order chi connectivity index (χ0) is 20.5. The molecule has 3 aromatic rings. The van der Waals surface area contributed by atoms with Crippen molar-refractivity contribution in [2.75, 3.05) is 55.8 Å². The number of aliphatic hydroxyl groups excluding tert-OH is 1. The minimum Gasteiger partial charge on any atom is -0.396 e. The summed E-state index contributed by atoms with van der Waals surface area (Å²) in [5.74, 6) is 0.846. The highest BCUT2D eigenvalue weighted by Crippen LogP contribution is 2.31. The predicted octanol–water partition coefficient (Wildman–Crippen LogP) is 1.64. The smallest absolute Gasteiger partial charge is 0.262 e. The number of benzene rings is 1. The van der Waals surface area contributed by atoms with E-state index in [0.29, 0.717) is 23.3 Å². The van der Waals surface area contributed by atoms with Crippen LogP contribution in [0.15, 0.2) is 41.5 Å². The Bertz CT molecular complexity index is 1090. The van der Waals surface area contributed by atoms with Crippen LogP contribution >= 0.6 is 0 Å². The first kappa shape index (κ1) is 19.0. The molecular weight excluding hydrogens is 382 g/mol. The number of morpholine rings is 1. The van der Waals surface area contributed by atoms with E-state index in [9.17, 15) is 9.90 Å². The van der Waals surface area contributed by atoms with Crippen LogP contribution in [0.1, 0.15) is 6.42 Å². The number of rotatable bonds is 4. The molecule has 2 N–H and O–H groups in total. The molecule has 4 heterocycles. The van der Waals surface area contributed by atoms with Crippen LogP contribution in [0.25, 0.3) is 22.2 Å². The number of nitrogens with one attached hydrogen (secondary N) is 1. The van der Waals surface area contributed by atoms with Gasteiger partial charge in [-0.25, -0.2) is 9.97 Å². The molecule has 5 rings (SSSR count). The van der Waals surface area contributed by atoms with Gasteiger partial charge in [0, 0.05) is 50.0 Å². The van der Waals surface area contributed by atoms with Gasteiger partial charge in [0.05, 0.1) is 30.8 Å². The molecular formula is C22H25N5O3. The van der Waals surface area contributed by atoms with Crippen molar-refractivity contribution in [1.82, 2.24) is 15.0 Å². The molecule has 2 fully saturated rings. The summed E-state index contributed by atoms with van der Waals surface area (Å²) >= 11 is 0. The average molecular weight is 407 g/mol. The van der Waals surface area contributed by atoms with E-state index in [1.165, 1.54) is 12.0 Å². The van der Waals surface area contributed by atoms with Crippen molar-refractivity contribution in [1.29, 1.82) is 0 Å². The van der Waals surface area contributed by atoms with E-state index in [-0.39, 0.29) is 18.1 Å². The van der Waals surface area contributed by atoms with E-state index in [1.54, 1.807) is 0 Å². The standard InChI is InChI=1S/C22H25N5O3/c28-13-15-5-6-27(12-15)21-20-19(23-14-24-22(20)29)11-18(25-21)16-1-3-17(4-2-16)26-7-9-30-10-8-26/h1-4,11,14-15,28H,5-10,12-13H2,(H,23,24,29)/t15-/m0/s1. The van der Waals surface area contributed by atoms with Gasteiger partial charge >= 0.3 is 0 Å². The van der Waals surface area contributed by atoms with E-state index >= 15 is 0 Å². The van der Waals surface area contributed by atoms with E-state index in [1.807, 2.05) is 6.07 Å². The Morgan fingerprint density at radius 3 is 2.67 bits per heavy atom. The predicted molar refractivity (Wildman–Crippen MR) is 116 cm³/mol. The van der Waals surface area contributed by atoms with Crippen LogP contribution in [0, 0.1) is 5.92 Å². The molecule has 0 saturated carbocycles. The number of hydrogen-bond donors (Lipinski definition) is 2.